The first-order valence-electron chi connectivity index (χ1n) is 7.55. The zero-order valence-corrected chi connectivity index (χ0v) is 14.3. The largest absolute Gasteiger partial charge is 0.417 e. The van der Waals surface area contributed by atoms with Crippen LogP contribution in [0.3, 0.4) is 0 Å². The van der Waals surface area contributed by atoms with Crippen molar-refractivity contribution < 1.29 is 18.0 Å². The third-order valence-electron chi connectivity index (χ3n) is 4.26. The smallest absolute Gasteiger partial charge is 0.349 e. The predicted octanol–water partition coefficient (Wildman–Crippen LogP) is 5.08. The molecule has 2 aromatic rings. The maximum absolute atomic E-state index is 13.1. The Bertz CT molecular complexity index is 811. The van der Waals surface area contributed by atoms with Gasteiger partial charge in [0.15, 0.2) is 0 Å². The number of hydrogen-bond acceptors (Lipinski definition) is 2. The Morgan fingerprint density at radius 3 is 2.52 bits per heavy atom. The summed E-state index contributed by atoms with van der Waals surface area (Å²) >= 11 is 12.0. The topological polar surface area (TPSA) is 42.0 Å². The highest BCUT2D eigenvalue weighted by Gasteiger charge is 2.38. The monoisotopic (exact) mass is 388 g/mol. The molecule has 8 heteroatoms. The second kappa shape index (κ2) is 6.84. The van der Waals surface area contributed by atoms with E-state index in [-0.39, 0.29) is 12.0 Å². The van der Waals surface area contributed by atoms with Gasteiger partial charge in [-0.25, -0.2) is 0 Å². The second-order valence-corrected chi connectivity index (χ2v) is 6.67. The number of pyridine rings is 1. The fourth-order valence-electron chi connectivity index (χ4n) is 2.87. The molecule has 1 aliphatic rings. The van der Waals surface area contributed by atoms with E-state index in [9.17, 15) is 18.0 Å². The summed E-state index contributed by atoms with van der Waals surface area (Å²) in [7, 11) is 0. The lowest BCUT2D eigenvalue weighted by Crippen LogP contribution is -2.46. The van der Waals surface area contributed by atoms with Gasteiger partial charge in [0.25, 0.3) is 5.91 Å². The average molecular weight is 389 g/mol. The standard InChI is InChI=1S/C17H13Cl2F3N2O/c18-9-7-13(19)15(23-8-9)11-5-6-14(11)24-16(25)10-3-1-2-4-12(10)17(20,21)22/h1-4,7-8,11,14H,5-6H2,(H,24,25)/t11?,14-/m1/s1. The van der Waals surface area contributed by atoms with Gasteiger partial charge in [-0.1, -0.05) is 35.3 Å². The van der Waals surface area contributed by atoms with Crippen molar-refractivity contribution in [2.45, 2.75) is 31.0 Å². The third kappa shape index (κ3) is 3.75. The van der Waals surface area contributed by atoms with Crippen molar-refractivity contribution >= 4 is 29.1 Å². The van der Waals surface area contributed by atoms with Crippen LogP contribution in [-0.2, 0) is 6.18 Å². The van der Waals surface area contributed by atoms with Crippen LogP contribution in [0.15, 0.2) is 36.5 Å². The van der Waals surface area contributed by atoms with E-state index in [1.165, 1.54) is 24.4 Å². The molecule has 0 aliphatic heterocycles. The van der Waals surface area contributed by atoms with E-state index in [4.69, 9.17) is 23.2 Å². The molecular weight excluding hydrogens is 376 g/mol. The molecule has 0 radical (unpaired) electrons. The normalized spacial score (nSPS) is 20.0. The summed E-state index contributed by atoms with van der Waals surface area (Å²) in [4.78, 5) is 16.5. The van der Waals surface area contributed by atoms with Crippen molar-refractivity contribution in [1.29, 1.82) is 0 Å². The first-order chi connectivity index (χ1) is 11.8. The Morgan fingerprint density at radius 1 is 1.20 bits per heavy atom. The number of benzene rings is 1. The summed E-state index contributed by atoms with van der Waals surface area (Å²) in [6, 6.07) is 5.95. The summed E-state index contributed by atoms with van der Waals surface area (Å²) < 4.78 is 39.2. The van der Waals surface area contributed by atoms with Crippen LogP contribution in [0.1, 0.15) is 40.4 Å². The van der Waals surface area contributed by atoms with E-state index < -0.39 is 23.2 Å². The van der Waals surface area contributed by atoms with Gasteiger partial charge in [0, 0.05) is 18.2 Å². The Hall–Kier alpha value is -1.79. The maximum atomic E-state index is 13.1. The van der Waals surface area contributed by atoms with Gasteiger partial charge in [0.1, 0.15) is 0 Å². The molecule has 0 bridgehead atoms. The number of carbonyl (C=O) groups excluding carboxylic acids is 1. The molecule has 1 heterocycles. The molecule has 25 heavy (non-hydrogen) atoms. The number of alkyl halides is 3. The highest BCUT2D eigenvalue weighted by atomic mass is 35.5. The SMILES string of the molecule is O=C(N[C@@H]1CCC1c1ncc(Cl)cc1Cl)c1ccccc1C(F)(F)F. The van der Waals surface area contributed by atoms with Crippen molar-refractivity contribution in [3.05, 3.63) is 63.4 Å². The van der Waals surface area contributed by atoms with E-state index in [2.05, 4.69) is 10.3 Å². The molecule has 1 amide bonds. The molecule has 132 valence electrons. The van der Waals surface area contributed by atoms with Crippen LogP contribution in [0.4, 0.5) is 13.2 Å². The summed E-state index contributed by atoms with van der Waals surface area (Å²) in [6.45, 7) is 0. The van der Waals surface area contributed by atoms with E-state index >= 15 is 0 Å². The molecule has 3 rings (SSSR count). The van der Waals surface area contributed by atoms with Crippen LogP contribution in [0, 0.1) is 0 Å². The van der Waals surface area contributed by atoms with Crippen LogP contribution in [-0.4, -0.2) is 16.9 Å². The second-order valence-electron chi connectivity index (χ2n) is 5.83. The highest BCUT2D eigenvalue weighted by Crippen LogP contribution is 2.40. The minimum absolute atomic E-state index is 0.147. The number of amides is 1. The van der Waals surface area contributed by atoms with Crippen molar-refractivity contribution in [3.63, 3.8) is 0 Å². The van der Waals surface area contributed by atoms with Crippen molar-refractivity contribution in [2.24, 2.45) is 0 Å². The van der Waals surface area contributed by atoms with Crippen LogP contribution in [0.2, 0.25) is 10.0 Å². The molecule has 3 nitrogen and oxygen atoms in total. The Kier molecular flexibility index (Phi) is 4.93. The summed E-state index contributed by atoms with van der Waals surface area (Å²) in [5, 5.41) is 3.44. The first kappa shape index (κ1) is 18.0. The highest BCUT2D eigenvalue weighted by molar-refractivity contribution is 6.34. The van der Waals surface area contributed by atoms with Gasteiger partial charge in [0.2, 0.25) is 0 Å². The van der Waals surface area contributed by atoms with E-state index in [1.54, 1.807) is 6.07 Å². The number of aromatic nitrogens is 1. The molecule has 1 saturated carbocycles. The van der Waals surface area contributed by atoms with Gasteiger partial charge < -0.3 is 5.32 Å². The van der Waals surface area contributed by atoms with Gasteiger partial charge in [-0.3, -0.25) is 9.78 Å². The van der Waals surface area contributed by atoms with Gasteiger partial charge in [-0.2, -0.15) is 13.2 Å². The molecular formula is C17H13Cl2F3N2O. The predicted molar refractivity (Wildman–Crippen MR) is 88.9 cm³/mol. The van der Waals surface area contributed by atoms with E-state index in [0.29, 0.717) is 22.2 Å². The van der Waals surface area contributed by atoms with Gasteiger partial charge in [-0.05, 0) is 31.0 Å². The first-order valence-corrected chi connectivity index (χ1v) is 8.31. The fraction of sp³-hybridized carbons (Fsp3) is 0.294. The number of halogens is 5. The number of rotatable bonds is 3. The lowest BCUT2D eigenvalue weighted by atomic mass is 9.77. The zero-order chi connectivity index (χ0) is 18.2. The van der Waals surface area contributed by atoms with Gasteiger partial charge >= 0.3 is 6.18 Å². The Balaban J connectivity index is 1.78. The van der Waals surface area contributed by atoms with Crippen molar-refractivity contribution in [1.82, 2.24) is 10.3 Å². The number of hydrogen-bond donors (Lipinski definition) is 1. The summed E-state index contributed by atoms with van der Waals surface area (Å²) in [6.07, 6.45) is -1.75. The minimum Gasteiger partial charge on any atom is -0.349 e. The fourth-order valence-corrected chi connectivity index (χ4v) is 3.39. The lowest BCUT2D eigenvalue weighted by Gasteiger charge is -2.37. The molecule has 1 N–H and O–H groups in total. The third-order valence-corrected chi connectivity index (χ3v) is 4.76. The van der Waals surface area contributed by atoms with Crippen molar-refractivity contribution in [3.8, 4) is 0 Å². The minimum atomic E-state index is -4.59. The van der Waals surface area contributed by atoms with E-state index in [1.807, 2.05) is 0 Å². The molecule has 1 fully saturated rings. The Labute approximate surface area is 152 Å². The molecule has 1 aromatic carbocycles. The quantitative estimate of drug-likeness (QED) is 0.795. The lowest BCUT2D eigenvalue weighted by molar-refractivity contribution is -0.137. The van der Waals surface area contributed by atoms with Gasteiger partial charge in [-0.15, -0.1) is 0 Å². The summed E-state index contributed by atoms with van der Waals surface area (Å²) in [5.74, 6) is -0.903. The zero-order valence-electron chi connectivity index (χ0n) is 12.8. The number of nitrogens with one attached hydrogen (secondary N) is 1. The maximum Gasteiger partial charge on any atom is 0.417 e. The molecule has 1 aromatic heterocycles. The number of carbonyl (C=O) groups is 1. The number of nitrogens with zero attached hydrogens (tertiary/aromatic N) is 1. The average Bonchev–Trinajstić information content (AvgIpc) is 2.53. The van der Waals surface area contributed by atoms with Crippen LogP contribution in [0.5, 0.6) is 0 Å². The summed E-state index contributed by atoms with van der Waals surface area (Å²) in [5.41, 5.74) is -0.756. The van der Waals surface area contributed by atoms with Crippen LogP contribution >= 0.6 is 23.2 Å². The molecule has 0 spiro atoms. The molecule has 0 saturated heterocycles. The molecule has 2 atom stereocenters. The van der Waals surface area contributed by atoms with Crippen LogP contribution < -0.4 is 5.32 Å². The molecule has 1 aliphatic carbocycles. The van der Waals surface area contributed by atoms with E-state index in [0.717, 1.165) is 12.5 Å². The van der Waals surface area contributed by atoms with Crippen molar-refractivity contribution in [2.75, 3.05) is 0 Å². The Morgan fingerprint density at radius 2 is 1.92 bits per heavy atom. The van der Waals surface area contributed by atoms with Gasteiger partial charge in [0.05, 0.1) is 26.9 Å². The van der Waals surface area contributed by atoms with Crippen LogP contribution in [0.25, 0.3) is 0 Å². The molecule has 1 unspecified atom stereocenters.